The SMILES string of the molecule is CCCN1C(=O)COc2ccc(NC(=O)OC(C)(C)C)cc21. The van der Waals surface area contributed by atoms with Crippen LogP contribution in [-0.2, 0) is 9.53 Å². The van der Waals surface area contributed by atoms with Crippen molar-refractivity contribution in [2.45, 2.75) is 39.7 Å². The van der Waals surface area contributed by atoms with Crippen LogP contribution in [0.3, 0.4) is 0 Å². The molecule has 6 nitrogen and oxygen atoms in total. The largest absolute Gasteiger partial charge is 0.482 e. The number of ether oxygens (including phenoxy) is 2. The number of amides is 2. The Labute approximate surface area is 130 Å². The van der Waals surface area contributed by atoms with E-state index in [4.69, 9.17) is 9.47 Å². The topological polar surface area (TPSA) is 67.9 Å². The molecule has 0 fully saturated rings. The van der Waals surface area contributed by atoms with Crippen molar-refractivity contribution in [2.24, 2.45) is 0 Å². The van der Waals surface area contributed by atoms with Gasteiger partial charge in [0, 0.05) is 12.2 Å². The van der Waals surface area contributed by atoms with Crippen molar-refractivity contribution in [3.05, 3.63) is 18.2 Å². The monoisotopic (exact) mass is 306 g/mol. The third-order valence-corrected chi connectivity index (χ3v) is 2.99. The maximum Gasteiger partial charge on any atom is 0.412 e. The van der Waals surface area contributed by atoms with Crippen LogP contribution in [0.2, 0.25) is 0 Å². The average Bonchev–Trinajstić information content (AvgIpc) is 2.40. The normalized spacial score (nSPS) is 14.2. The molecule has 1 aliphatic heterocycles. The lowest BCUT2D eigenvalue weighted by Crippen LogP contribution is -2.39. The molecular weight excluding hydrogens is 284 g/mol. The minimum Gasteiger partial charge on any atom is -0.482 e. The van der Waals surface area contributed by atoms with Gasteiger partial charge in [0.05, 0.1) is 5.69 Å². The Bertz CT molecular complexity index is 578. The molecule has 0 radical (unpaired) electrons. The zero-order chi connectivity index (χ0) is 16.3. The molecule has 2 rings (SSSR count). The van der Waals surface area contributed by atoms with Gasteiger partial charge in [-0.1, -0.05) is 6.92 Å². The summed E-state index contributed by atoms with van der Waals surface area (Å²) in [4.78, 5) is 25.5. The number of rotatable bonds is 3. The number of hydrogen-bond acceptors (Lipinski definition) is 4. The zero-order valence-electron chi connectivity index (χ0n) is 13.4. The van der Waals surface area contributed by atoms with Crippen LogP contribution in [0.25, 0.3) is 0 Å². The van der Waals surface area contributed by atoms with Crippen LogP contribution in [0.15, 0.2) is 18.2 Å². The number of anilines is 2. The first kappa shape index (κ1) is 16.1. The lowest BCUT2D eigenvalue weighted by molar-refractivity contribution is -0.121. The molecule has 0 unspecified atom stereocenters. The lowest BCUT2D eigenvalue weighted by Gasteiger charge is -2.29. The summed E-state index contributed by atoms with van der Waals surface area (Å²) in [6, 6.07) is 5.20. The fourth-order valence-corrected chi connectivity index (χ4v) is 2.17. The van der Waals surface area contributed by atoms with Crippen LogP contribution in [0.4, 0.5) is 16.2 Å². The summed E-state index contributed by atoms with van der Waals surface area (Å²) in [5, 5.41) is 2.67. The van der Waals surface area contributed by atoms with Crippen molar-refractivity contribution in [3.8, 4) is 5.75 Å². The molecule has 0 saturated carbocycles. The summed E-state index contributed by atoms with van der Waals surface area (Å²) in [7, 11) is 0. The summed E-state index contributed by atoms with van der Waals surface area (Å²) >= 11 is 0. The summed E-state index contributed by atoms with van der Waals surface area (Å²) < 4.78 is 10.6. The van der Waals surface area contributed by atoms with Gasteiger partial charge < -0.3 is 14.4 Å². The van der Waals surface area contributed by atoms with E-state index < -0.39 is 11.7 Å². The van der Waals surface area contributed by atoms with Crippen LogP contribution in [0, 0.1) is 0 Å². The molecule has 0 aliphatic carbocycles. The Morgan fingerprint density at radius 3 is 2.77 bits per heavy atom. The second-order valence-corrected chi connectivity index (χ2v) is 6.14. The van der Waals surface area contributed by atoms with Crippen molar-refractivity contribution in [1.29, 1.82) is 0 Å². The van der Waals surface area contributed by atoms with Gasteiger partial charge in [0.1, 0.15) is 11.4 Å². The van der Waals surface area contributed by atoms with E-state index in [2.05, 4.69) is 5.32 Å². The first-order chi connectivity index (χ1) is 10.3. The van der Waals surface area contributed by atoms with E-state index in [0.29, 0.717) is 23.7 Å². The molecule has 0 spiro atoms. The standard InChI is InChI=1S/C16H22N2O4/c1-5-8-18-12-9-11(17-15(20)22-16(2,3)4)6-7-13(12)21-10-14(18)19/h6-7,9H,5,8,10H2,1-4H3,(H,17,20). The van der Waals surface area contributed by atoms with E-state index in [0.717, 1.165) is 6.42 Å². The predicted molar refractivity (Wildman–Crippen MR) is 84.4 cm³/mol. The number of carbonyl (C=O) groups is 2. The lowest BCUT2D eigenvalue weighted by atomic mass is 10.2. The number of nitrogens with zero attached hydrogens (tertiary/aromatic N) is 1. The van der Waals surface area contributed by atoms with Gasteiger partial charge in [-0.25, -0.2) is 4.79 Å². The first-order valence-corrected chi connectivity index (χ1v) is 7.37. The number of benzene rings is 1. The van der Waals surface area contributed by atoms with E-state index in [9.17, 15) is 9.59 Å². The molecule has 6 heteroatoms. The molecule has 1 aromatic rings. The maximum absolute atomic E-state index is 12.0. The van der Waals surface area contributed by atoms with Gasteiger partial charge in [0.25, 0.3) is 5.91 Å². The minimum atomic E-state index is -0.564. The average molecular weight is 306 g/mol. The molecule has 2 amide bonds. The summed E-state index contributed by atoms with van der Waals surface area (Å²) in [6.07, 6.45) is 0.312. The first-order valence-electron chi connectivity index (χ1n) is 7.37. The highest BCUT2D eigenvalue weighted by atomic mass is 16.6. The van der Waals surface area contributed by atoms with Crippen molar-refractivity contribution in [2.75, 3.05) is 23.4 Å². The number of nitrogens with one attached hydrogen (secondary N) is 1. The molecule has 1 aliphatic rings. The van der Waals surface area contributed by atoms with Gasteiger partial charge in [-0.15, -0.1) is 0 Å². The van der Waals surface area contributed by atoms with Gasteiger partial charge in [-0.3, -0.25) is 10.1 Å². The molecule has 0 saturated heterocycles. The number of fused-ring (bicyclic) bond motifs is 1. The van der Waals surface area contributed by atoms with Gasteiger partial charge >= 0.3 is 6.09 Å². The molecule has 1 aromatic carbocycles. The van der Waals surface area contributed by atoms with Crippen LogP contribution < -0.4 is 15.0 Å². The maximum atomic E-state index is 12.0. The van der Waals surface area contributed by atoms with Crippen molar-refractivity contribution in [3.63, 3.8) is 0 Å². The Morgan fingerprint density at radius 1 is 1.41 bits per heavy atom. The third-order valence-electron chi connectivity index (χ3n) is 2.99. The molecule has 120 valence electrons. The Morgan fingerprint density at radius 2 is 2.14 bits per heavy atom. The van der Waals surface area contributed by atoms with Crippen molar-refractivity contribution in [1.82, 2.24) is 0 Å². The van der Waals surface area contributed by atoms with E-state index >= 15 is 0 Å². The predicted octanol–water partition coefficient (Wildman–Crippen LogP) is 3.17. The molecule has 1 N–H and O–H groups in total. The van der Waals surface area contributed by atoms with Gasteiger partial charge in [0.2, 0.25) is 0 Å². The van der Waals surface area contributed by atoms with E-state index in [1.54, 1.807) is 43.9 Å². The fraction of sp³-hybridized carbons (Fsp3) is 0.500. The summed E-state index contributed by atoms with van der Waals surface area (Å²) in [5.74, 6) is 0.562. The Balaban J connectivity index is 2.19. The van der Waals surface area contributed by atoms with Gasteiger partial charge in [0.15, 0.2) is 6.61 Å². The van der Waals surface area contributed by atoms with E-state index in [1.165, 1.54) is 0 Å². The Hall–Kier alpha value is -2.24. The van der Waals surface area contributed by atoms with Gasteiger partial charge in [-0.05, 0) is 45.4 Å². The molecule has 1 heterocycles. The second kappa shape index (κ2) is 6.25. The minimum absolute atomic E-state index is 0.0475. The van der Waals surface area contributed by atoms with E-state index in [1.807, 2.05) is 6.92 Å². The van der Waals surface area contributed by atoms with Crippen LogP contribution in [0.1, 0.15) is 34.1 Å². The number of hydrogen-bond donors (Lipinski definition) is 1. The highest BCUT2D eigenvalue weighted by Crippen LogP contribution is 2.34. The Kier molecular flexibility index (Phi) is 4.59. The second-order valence-electron chi connectivity index (χ2n) is 6.14. The number of carbonyl (C=O) groups excluding carboxylic acids is 2. The van der Waals surface area contributed by atoms with Gasteiger partial charge in [-0.2, -0.15) is 0 Å². The zero-order valence-corrected chi connectivity index (χ0v) is 13.4. The van der Waals surface area contributed by atoms with E-state index in [-0.39, 0.29) is 12.5 Å². The quantitative estimate of drug-likeness (QED) is 0.931. The molecule has 22 heavy (non-hydrogen) atoms. The highest BCUT2D eigenvalue weighted by molar-refractivity contribution is 5.99. The molecular formula is C16H22N2O4. The summed E-state index contributed by atoms with van der Waals surface area (Å²) in [6.45, 7) is 8.07. The third kappa shape index (κ3) is 3.90. The molecule has 0 bridgehead atoms. The van der Waals surface area contributed by atoms with Crippen LogP contribution in [-0.4, -0.2) is 30.8 Å². The molecule has 0 atom stereocenters. The smallest absolute Gasteiger partial charge is 0.412 e. The van der Waals surface area contributed by atoms with Crippen LogP contribution in [0.5, 0.6) is 5.75 Å². The van der Waals surface area contributed by atoms with Crippen molar-refractivity contribution < 1.29 is 19.1 Å². The highest BCUT2D eigenvalue weighted by Gasteiger charge is 2.25. The molecule has 0 aromatic heterocycles. The van der Waals surface area contributed by atoms with Crippen molar-refractivity contribution >= 4 is 23.4 Å². The fourth-order valence-electron chi connectivity index (χ4n) is 2.17. The van der Waals surface area contributed by atoms with Crippen LogP contribution >= 0.6 is 0 Å². The summed E-state index contributed by atoms with van der Waals surface area (Å²) in [5.41, 5.74) is 0.671.